The summed E-state index contributed by atoms with van der Waals surface area (Å²) < 4.78 is 27.5. The van der Waals surface area contributed by atoms with Crippen LogP contribution in [0.2, 0.25) is 0 Å². The summed E-state index contributed by atoms with van der Waals surface area (Å²) in [5, 5.41) is 4.21. The van der Waals surface area contributed by atoms with Crippen molar-refractivity contribution in [2.45, 2.75) is 38.3 Å². The number of amides is 2. The van der Waals surface area contributed by atoms with E-state index in [1.807, 2.05) is 34.4 Å². The smallest absolute Gasteiger partial charge is 0.323 e. The number of benzene rings is 2. The van der Waals surface area contributed by atoms with Gasteiger partial charge in [-0.05, 0) is 73.2 Å². The molecule has 1 aliphatic heterocycles. The molecule has 0 saturated carbocycles. The van der Waals surface area contributed by atoms with Crippen molar-refractivity contribution in [3.63, 3.8) is 0 Å². The van der Waals surface area contributed by atoms with Gasteiger partial charge < -0.3 is 24.3 Å². The Morgan fingerprint density at radius 3 is 2.70 bits per heavy atom. The Kier molecular flexibility index (Phi) is 6.12. The molecular weight excluding hydrogens is 489 g/mol. The van der Waals surface area contributed by atoms with E-state index in [2.05, 4.69) is 16.1 Å². The van der Waals surface area contributed by atoms with Crippen LogP contribution in [0.3, 0.4) is 0 Å². The number of aryl methyl sites for hydroxylation is 1. The highest BCUT2D eigenvalue weighted by Gasteiger charge is 2.36. The number of fused-ring (bicyclic) bond motifs is 5. The van der Waals surface area contributed by atoms with Gasteiger partial charge in [-0.15, -0.1) is 11.3 Å². The van der Waals surface area contributed by atoms with Crippen molar-refractivity contribution in [1.29, 1.82) is 0 Å². The average Bonchev–Trinajstić information content (AvgIpc) is 3.50. The number of methoxy groups -OCH3 is 2. The Bertz CT molecular complexity index is 1480. The number of hydrogen-bond donors (Lipinski definition) is 1. The lowest BCUT2D eigenvalue weighted by Crippen LogP contribution is -2.38. The first-order chi connectivity index (χ1) is 18.1. The number of carbonyl (C=O) groups excluding carboxylic acids is 1. The van der Waals surface area contributed by atoms with Crippen molar-refractivity contribution in [3.05, 3.63) is 93.9 Å². The molecule has 2 aromatic carbocycles. The zero-order valence-electron chi connectivity index (χ0n) is 20.8. The second-order valence-electron chi connectivity index (χ2n) is 9.38. The van der Waals surface area contributed by atoms with Crippen LogP contribution in [0.1, 0.15) is 46.1 Å². The predicted molar refractivity (Wildman–Crippen MR) is 143 cm³/mol. The molecule has 1 N–H and O–H groups in total. The molecule has 2 amide bonds. The Labute approximate surface area is 219 Å². The van der Waals surface area contributed by atoms with Crippen LogP contribution in [-0.2, 0) is 19.4 Å². The molecule has 1 aliphatic carbocycles. The molecule has 0 spiro atoms. The van der Waals surface area contributed by atoms with Gasteiger partial charge in [0.05, 0.1) is 38.2 Å². The van der Waals surface area contributed by atoms with Gasteiger partial charge in [0.15, 0.2) is 0 Å². The second kappa shape index (κ2) is 9.59. The van der Waals surface area contributed by atoms with Gasteiger partial charge >= 0.3 is 6.03 Å². The number of rotatable bonds is 4. The highest BCUT2D eigenvalue weighted by Crippen LogP contribution is 2.44. The fraction of sp³-hybridized carbons (Fsp3) is 0.276. The van der Waals surface area contributed by atoms with Crippen LogP contribution < -0.4 is 14.8 Å². The van der Waals surface area contributed by atoms with E-state index in [1.54, 1.807) is 38.5 Å². The molecule has 37 heavy (non-hydrogen) atoms. The fourth-order valence-electron chi connectivity index (χ4n) is 5.51. The third-order valence-corrected chi connectivity index (χ3v) is 8.59. The number of hydrogen-bond acceptors (Lipinski definition) is 4. The van der Waals surface area contributed by atoms with Gasteiger partial charge in [-0.1, -0.05) is 12.1 Å². The number of ether oxygens (including phenoxy) is 2. The summed E-state index contributed by atoms with van der Waals surface area (Å²) in [5.41, 5.74) is 4.70. The van der Waals surface area contributed by atoms with Crippen LogP contribution in [0.5, 0.6) is 11.5 Å². The summed E-state index contributed by atoms with van der Waals surface area (Å²) in [5.74, 6) is 0.807. The second-order valence-corrected chi connectivity index (χ2v) is 10.5. The molecule has 0 radical (unpaired) electrons. The molecule has 0 fully saturated rings. The summed E-state index contributed by atoms with van der Waals surface area (Å²) in [6, 6.07) is 15.1. The predicted octanol–water partition coefficient (Wildman–Crippen LogP) is 6.71. The number of nitrogens with zero attached hydrogens (tertiary/aromatic N) is 2. The Hall–Kier alpha value is -3.78. The number of urea groups is 1. The van der Waals surface area contributed by atoms with E-state index in [0.717, 1.165) is 35.5 Å². The number of carbonyl (C=O) groups is 1. The van der Waals surface area contributed by atoms with Gasteiger partial charge in [0, 0.05) is 22.7 Å². The normalized spacial score (nSPS) is 16.3. The van der Waals surface area contributed by atoms with E-state index >= 15 is 0 Å². The first-order valence-corrected chi connectivity index (χ1v) is 13.2. The topological polar surface area (TPSA) is 55.7 Å². The van der Waals surface area contributed by atoms with Crippen LogP contribution >= 0.6 is 11.3 Å². The average molecular weight is 518 g/mol. The number of anilines is 1. The zero-order valence-corrected chi connectivity index (χ0v) is 21.6. The summed E-state index contributed by atoms with van der Waals surface area (Å²) in [6.07, 6.45) is 6.48. The fourth-order valence-corrected chi connectivity index (χ4v) is 6.92. The van der Waals surface area contributed by atoms with Crippen molar-refractivity contribution < 1.29 is 18.7 Å². The third-order valence-electron chi connectivity index (χ3n) is 7.25. The first kappa shape index (κ1) is 23.6. The van der Waals surface area contributed by atoms with E-state index in [0.29, 0.717) is 23.7 Å². The maximum Gasteiger partial charge on any atom is 0.323 e. The standard InChI is InChI=1S/C29H28FN3O3S/c1-35-20-12-13-25(36-2)23(16-20)31-29(34)33-17-22-21-9-3-4-11-26(21)37-28(22)32-14-6-10-24(32)27(33)18-7-5-8-19(30)15-18/h5-8,10,12-16,27H,3-4,9,11,17H2,1-2H3,(H,31,34)/t27-/m0/s1. The summed E-state index contributed by atoms with van der Waals surface area (Å²) in [6.45, 7) is 0.419. The first-order valence-electron chi connectivity index (χ1n) is 12.4. The highest BCUT2D eigenvalue weighted by atomic mass is 32.1. The lowest BCUT2D eigenvalue weighted by molar-refractivity contribution is 0.194. The van der Waals surface area contributed by atoms with Gasteiger partial charge in [-0.3, -0.25) is 0 Å². The van der Waals surface area contributed by atoms with Gasteiger partial charge in [-0.2, -0.15) is 0 Å². The monoisotopic (exact) mass is 517 g/mol. The van der Waals surface area contributed by atoms with E-state index in [1.165, 1.54) is 34.6 Å². The van der Waals surface area contributed by atoms with Crippen molar-refractivity contribution in [3.8, 4) is 16.5 Å². The minimum Gasteiger partial charge on any atom is -0.497 e. The van der Waals surface area contributed by atoms with Crippen LogP contribution in [0, 0.1) is 5.82 Å². The lowest BCUT2D eigenvalue weighted by atomic mass is 9.95. The maximum atomic E-state index is 14.5. The van der Waals surface area contributed by atoms with Crippen LogP contribution in [0.15, 0.2) is 60.8 Å². The Balaban J connectivity index is 1.49. The molecule has 8 heteroatoms. The largest absolute Gasteiger partial charge is 0.497 e. The molecular formula is C29H28FN3O3S. The van der Waals surface area contributed by atoms with Crippen molar-refractivity contribution in [1.82, 2.24) is 9.47 Å². The van der Waals surface area contributed by atoms with Crippen LogP contribution in [-0.4, -0.2) is 29.7 Å². The highest BCUT2D eigenvalue weighted by molar-refractivity contribution is 7.15. The minimum atomic E-state index is -0.485. The summed E-state index contributed by atoms with van der Waals surface area (Å²) >= 11 is 1.82. The maximum absolute atomic E-state index is 14.5. The molecule has 2 aromatic heterocycles. The molecule has 3 heterocycles. The van der Waals surface area contributed by atoms with Crippen LogP contribution in [0.4, 0.5) is 14.9 Å². The molecule has 0 saturated heterocycles. The molecule has 2 aliphatic rings. The molecule has 1 atom stereocenters. The molecule has 0 bridgehead atoms. The molecule has 6 rings (SSSR count). The van der Waals surface area contributed by atoms with Gasteiger partial charge in [0.25, 0.3) is 0 Å². The lowest BCUT2D eigenvalue weighted by Gasteiger charge is -2.31. The van der Waals surface area contributed by atoms with Gasteiger partial charge in [0.1, 0.15) is 22.3 Å². The van der Waals surface area contributed by atoms with Gasteiger partial charge in [-0.25, -0.2) is 9.18 Å². The van der Waals surface area contributed by atoms with Crippen molar-refractivity contribution >= 4 is 23.1 Å². The van der Waals surface area contributed by atoms with Gasteiger partial charge in [0.2, 0.25) is 0 Å². The molecule has 0 unspecified atom stereocenters. The van der Waals surface area contributed by atoms with Crippen LogP contribution in [0.25, 0.3) is 5.00 Å². The third kappa shape index (κ3) is 4.15. The summed E-state index contributed by atoms with van der Waals surface area (Å²) in [4.78, 5) is 17.3. The van der Waals surface area contributed by atoms with E-state index in [-0.39, 0.29) is 11.8 Å². The van der Waals surface area contributed by atoms with E-state index < -0.39 is 6.04 Å². The quantitative estimate of drug-likeness (QED) is 0.327. The molecule has 190 valence electrons. The minimum absolute atomic E-state index is 0.294. The number of nitrogens with one attached hydrogen (secondary N) is 1. The number of thiophene rings is 1. The van der Waals surface area contributed by atoms with E-state index in [9.17, 15) is 9.18 Å². The molecule has 4 aromatic rings. The Morgan fingerprint density at radius 1 is 1.03 bits per heavy atom. The van der Waals surface area contributed by atoms with Crippen molar-refractivity contribution in [2.24, 2.45) is 0 Å². The summed E-state index contributed by atoms with van der Waals surface area (Å²) in [7, 11) is 3.15. The SMILES string of the molecule is COc1ccc(OC)c(NC(=O)N2Cc3c(sc4c3CCCC4)-n3cccc3[C@@H]2c2cccc(F)c2)c1. The zero-order chi connectivity index (χ0) is 25.5. The Morgan fingerprint density at radius 2 is 1.89 bits per heavy atom. The number of halogens is 1. The number of aromatic nitrogens is 1. The molecule has 6 nitrogen and oxygen atoms in total. The van der Waals surface area contributed by atoms with Crippen molar-refractivity contribution in [2.75, 3.05) is 19.5 Å². The van der Waals surface area contributed by atoms with E-state index in [4.69, 9.17) is 9.47 Å².